The molecule has 0 unspecified atom stereocenters. The molecule has 10 heteroatoms. The molecule has 2 heterocycles. The fourth-order valence-corrected chi connectivity index (χ4v) is 5.21. The number of rotatable bonds is 8. The number of amides is 2. The van der Waals surface area contributed by atoms with Crippen LogP contribution in [0.4, 0.5) is 15.6 Å². The van der Waals surface area contributed by atoms with E-state index in [1.54, 1.807) is 24.3 Å². The Morgan fingerprint density at radius 1 is 1.11 bits per heavy atom. The van der Waals surface area contributed by atoms with Crippen LogP contribution < -0.4 is 20.7 Å². The number of aryl methyl sites for hydroxylation is 1. The molecule has 37 heavy (non-hydrogen) atoms. The molecule has 2 amide bonds. The molecule has 1 saturated carbocycles. The Morgan fingerprint density at radius 3 is 2.65 bits per heavy atom. The molecule has 4 aromatic rings. The van der Waals surface area contributed by atoms with E-state index < -0.39 is 6.09 Å². The number of thiophene rings is 1. The van der Waals surface area contributed by atoms with Crippen molar-refractivity contribution in [2.45, 2.75) is 32.4 Å². The first-order valence-electron chi connectivity index (χ1n) is 11.7. The summed E-state index contributed by atoms with van der Waals surface area (Å²) < 4.78 is 5.65. The summed E-state index contributed by atoms with van der Waals surface area (Å²) in [5.74, 6) is -0.105. The third-order valence-corrected chi connectivity index (χ3v) is 7.51. The number of nitrogens with zero attached hydrogens (tertiary/aromatic N) is 2. The first-order chi connectivity index (χ1) is 18.0. The fourth-order valence-electron chi connectivity index (χ4n) is 3.51. The standard InChI is InChI=1S/C27H23N5O3S2/c1-16-7-8-18(24(33)30-19-9-10-19)13-21(16)31-26-32-23(22-12-11-20(14-28)36-22)25(37-26)35-27(34)29-15-17-5-3-2-4-6-17/h2-8,11-13,19H,9-10,15H2,1H3,(H,29,34)(H,30,33)(H,31,32). The van der Waals surface area contributed by atoms with Crippen LogP contribution in [0.15, 0.2) is 60.7 Å². The minimum atomic E-state index is -0.604. The molecule has 8 nitrogen and oxygen atoms in total. The molecule has 3 N–H and O–H groups in total. The summed E-state index contributed by atoms with van der Waals surface area (Å²) in [6.45, 7) is 2.26. The fraction of sp³-hybridized carbons (Fsp3) is 0.185. The van der Waals surface area contributed by atoms with E-state index in [0.717, 1.165) is 29.7 Å². The highest BCUT2D eigenvalue weighted by atomic mass is 32.1. The first kappa shape index (κ1) is 24.5. The molecule has 186 valence electrons. The van der Waals surface area contributed by atoms with Gasteiger partial charge in [-0.05, 0) is 55.2 Å². The van der Waals surface area contributed by atoms with Crippen molar-refractivity contribution >= 4 is 45.5 Å². The summed E-state index contributed by atoms with van der Waals surface area (Å²) in [5.41, 5.74) is 3.64. The normalized spacial score (nSPS) is 12.4. The smallest absolute Gasteiger partial charge is 0.397 e. The molecule has 1 fully saturated rings. The van der Waals surface area contributed by atoms with E-state index in [1.807, 2.05) is 43.3 Å². The number of carbonyl (C=O) groups is 2. The van der Waals surface area contributed by atoms with Crippen LogP contribution in [0.25, 0.3) is 10.6 Å². The number of hydrogen-bond donors (Lipinski definition) is 3. The van der Waals surface area contributed by atoms with Crippen molar-refractivity contribution in [1.29, 1.82) is 5.26 Å². The van der Waals surface area contributed by atoms with Crippen LogP contribution in [0, 0.1) is 18.3 Å². The van der Waals surface area contributed by atoms with Gasteiger partial charge in [0.1, 0.15) is 16.6 Å². The van der Waals surface area contributed by atoms with E-state index in [2.05, 4.69) is 27.0 Å². The molecule has 0 aliphatic heterocycles. The van der Waals surface area contributed by atoms with Crippen LogP contribution in [0.5, 0.6) is 5.06 Å². The van der Waals surface area contributed by atoms with Gasteiger partial charge in [-0.3, -0.25) is 4.79 Å². The summed E-state index contributed by atoms with van der Waals surface area (Å²) in [5, 5.41) is 19.1. The zero-order valence-corrected chi connectivity index (χ0v) is 21.5. The Balaban J connectivity index is 1.37. The minimum absolute atomic E-state index is 0.105. The predicted molar refractivity (Wildman–Crippen MR) is 144 cm³/mol. The first-order valence-corrected chi connectivity index (χ1v) is 13.3. The minimum Gasteiger partial charge on any atom is -0.397 e. The Labute approximate surface area is 221 Å². The Morgan fingerprint density at radius 2 is 1.92 bits per heavy atom. The Bertz CT molecular complexity index is 1490. The summed E-state index contributed by atoms with van der Waals surface area (Å²) in [7, 11) is 0. The molecule has 0 atom stereocenters. The monoisotopic (exact) mass is 529 g/mol. The maximum absolute atomic E-state index is 12.6. The van der Waals surface area contributed by atoms with Gasteiger partial charge in [0.15, 0.2) is 5.13 Å². The third kappa shape index (κ3) is 6.14. The number of nitriles is 1. The van der Waals surface area contributed by atoms with Gasteiger partial charge in [0, 0.05) is 23.8 Å². The zero-order chi connectivity index (χ0) is 25.8. The van der Waals surface area contributed by atoms with Gasteiger partial charge in [0.25, 0.3) is 5.91 Å². The van der Waals surface area contributed by atoms with Crippen LogP contribution in [0.2, 0.25) is 0 Å². The van der Waals surface area contributed by atoms with E-state index in [0.29, 0.717) is 37.8 Å². The molecule has 0 radical (unpaired) electrons. The number of benzene rings is 2. The van der Waals surface area contributed by atoms with Crippen LogP contribution in [-0.4, -0.2) is 23.0 Å². The van der Waals surface area contributed by atoms with E-state index >= 15 is 0 Å². The van der Waals surface area contributed by atoms with Crippen molar-refractivity contribution in [3.05, 3.63) is 82.2 Å². The largest absolute Gasteiger partial charge is 0.413 e. The van der Waals surface area contributed by atoms with Gasteiger partial charge in [-0.15, -0.1) is 11.3 Å². The van der Waals surface area contributed by atoms with Crippen molar-refractivity contribution in [3.63, 3.8) is 0 Å². The molecule has 0 saturated heterocycles. The number of carbonyl (C=O) groups excluding carboxylic acids is 2. The van der Waals surface area contributed by atoms with Crippen LogP contribution >= 0.6 is 22.7 Å². The van der Waals surface area contributed by atoms with Gasteiger partial charge in [0.05, 0.1) is 4.88 Å². The van der Waals surface area contributed by atoms with Gasteiger partial charge in [0.2, 0.25) is 5.06 Å². The maximum Gasteiger partial charge on any atom is 0.413 e. The SMILES string of the molecule is Cc1ccc(C(=O)NC2CC2)cc1Nc1nc(-c2ccc(C#N)s2)c(OC(=O)NCc2ccccc2)s1. The number of aromatic nitrogens is 1. The van der Waals surface area contributed by atoms with Gasteiger partial charge in [-0.25, -0.2) is 9.78 Å². The number of anilines is 2. The lowest BCUT2D eigenvalue weighted by atomic mass is 10.1. The second-order valence-electron chi connectivity index (χ2n) is 8.56. The van der Waals surface area contributed by atoms with Crippen molar-refractivity contribution in [2.24, 2.45) is 0 Å². The van der Waals surface area contributed by atoms with E-state index in [-0.39, 0.29) is 11.9 Å². The summed E-state index contributed by atoms with van der Waals surface area (Å²) in [6.07, 6.45) is 1.43. The molecule has 2 aromatic heterocycles. The van der Waals surface area contributed by atoms with E-state index in [9.17, 15) is 14.9 Å². The molecular weight excluding hydrogens is 506 g/mol. The third-order valence-electron chi connectivity index (χ3n) is 5.66. The summed E-state index contributed by atoms with van der Waals surface area (Å²) in [6, 6.07) is 20.9. The zero-order valence-electron chi connectivity index (χ0n) is 19.9. The number of thiazole rings is 1. The predicted octanol–water partition coefficient (Wildman–Crippen LogP) is 5.98. The van der Waals surface area contributed by atoms with Gasteiger partial charge in [-0.1, -0.05) is 47.7 Å². The van der Waals surface area contributed by atoms with Crippen LogP contribution in [0.3, 0.4) is 0 Å². The Kier molecular flexibility index (Phi) is 7.16. The quantitative estimate of drug-likeness (QED) is 0.259. The second kappa shape index (κ2) is 10.8. The van der Waals surface area contributed by atoms with Crippen molar-refractivity contribution < 1.29 is 14.3 Å². The van der Waals surface area contributed by atoms with Crippen LogP contribution in [0.1, 0.15) is 39.2 Å². The highest BCUT2D eigenvalue weighted by Gasteiger charge is 2.24. The van der Waals surface area contributed by atoms with E-state index in [4.69, 9.17) is 4.74 Å². The average molecular weight is 530 g/mol. The highest BCUT2D eigenvalue weighted by Crippen LogP contribution is 2.42. The van der Waals surface area contributed by atoms with Crippen molar-refractivity contribution in [2.75, 3.05) is 5.32 Å². The number of hydrogen-bond acceptors (Lipinski definition) is 8. The lowest BCUT2D eigenvalue weighted by Crippen LogP contribution is -2.26. The average Bonchev–Trinajstić information content (AvgIpc) is 3.43. The maximum atomic E-state index is 12.6. The molecule has 2 aromatic carbocycles. The van der Waals surface area contributed by atoms with E-state index in [1.165, 1.54) is 22.7 Å². The Hall–Kier alpha value is -4.20. The summed E-state index contributed by atoms with van der Waals surface area (Å²) in [4.78, 5) is 31.0. The van der Waals surface area contributed by atoms with Crippen molar-refractivity contribution in [3.8, 4) is 21.7 Å². The second-order valence-corrected chi connectivity index (χ2v) is 10.6. The lowest BCUT2D eigenvalue weighted by Gasteiger charge is -2.10. The molecule has 1 aliphatic carbocycles. The molecule has 0 bridgehead atoms. The van der Waals surface area contributed by atoms with Crippen molar-refractivity contribution in [1.82, 2.24) is 15.6 Å². The van der Waals surface area contributed by atoms with Gasteiger partial charge in [-0.2, -0.15) is 5.26 Å². The molecule has 1 aliphatic rings. The van der Waals surface area contributed by atoms with Crippen LogP contribution in [-0.2, 0) is 6.54 Å². The van der Waals surface area contributed by atoms with Gasteiger partial charge >= 0.3 is 6.09 Å². The topological polar surface area (TPSA) is 116 Å². The molecule has 0 spiro atoms. The molecular formula is C27H23N5O3S2. The highest BCUT2D eigenvalue weighted by molar-refractivity contribution is 7.19. The lowest BCUT2D eigenvalue weighted by molar-refractivity contribution is 0.0951. The summed E-state index contributed by atoms with van der Waals surface area (Å²) >= 11 is 2.45. The number of nitrogens with one attached hydrogen (secondary N) is 3. The number of ether oxygens (including phenoxy) is 1. The molecule has 5 rings (SSSR count). The van der Waals surface area contributed by atoms with Gasteiger partial charge < -0.3 is 20.7 Å².